The Balaban J connectivity index is 3.01. The number of aryl methyl sites for hydroxylation is 1. The highest BCUT2D eigenvalue weighted by Crippen LogP contribution is 2.36. The van der Waals surface area contributed by atoms with Crippen molar-refractivity contribution in [1.29, 1.82) is 0 Å². The Labute approximate surface area is 110 Å². The number of hydrogen-bond acceptors (Lipinski definition) is 2. The molecule has 88 valence electrons. The maximum absolute atomic E-state index is 11.5. The van der Waals surface area contributed by atoms with Crippen LogP contribution in [0.5, 0.6) is 0 Å². The number of benzene rings is 1. The summed E-state index contributed by atoms with van der Waals surface area (Å²) in [6.07, 6.45) is 0.867. The maximum Gasteiger partial charge on any atom is 0.286 e. The third-order valence-electron chi connectivity index (χ3n) is 2.02. The number of hydrogen-bond donors (Lipinski definition) is 0. The molecule has 0 aliphatic heterocycles. The van der Waals surface area contributed by atoms with Crippen molar-refractivity contribution in [3.63, 3.8) is 0 Å². The molecule has 0 bridgehead atoms. The van der Waals surface area contributed by atoms with Crippen molar-refractivity contribution < 1.29 is 4.79 Å². The van der Waals surface area contributed by atoms with Crippen LogP contribution in [0.1, 0.15) is 12.5 Å². The SMILES string of the molecule is CCc1cc(Cl)c(SC(=O)N(C)C)c(Cl)c1. The van der Waals surface area contributed by atoms with Gasteiger partial charge in [0.2, 0.25) is 0 Å². The summed E-state index contributed by atoms with van der Waals surface area (Å²) in [5.41, 5.74) is 1.07. The Morgan fingerprint density at radius 1 is 1.31 bits per heavy atom. The molecule has 2 nitrogen and oxygen atoms in total. The lowest BCUT2D eigenvalue weighted by Gasteiger charge is -2.12. The van der Waals surface area contributed by atoms with Crippen LogP contribution in [0.15, 0.2) is 17.0 Å². The van der Waals surface area contributed by atoms with E-state index in [0.29, 0.717) is 14.9 Å². The molecule has 0 aromatic heterocycles. The number of carbonyl (C=O) groups excluding carboxylic acids is 1. The standard InChI is InChI=1S/C11H13Cl2NOS/c1-4-7-5-8(12)10(9(13)6-7)16-11(15)14(2)3/h5-6H,4H2,1-3H3. The molecule has 0 saturated heterocycles. The predicted octanol–water partition coefficient (Wildman–Crippen LogP) is 4.33. The lowest BCUT2D eigenvalue weighted by atomic mass is 10.2. The molecule has 0 radical (unpaired) electrons. The van der Waals surface area contributed by atoms with Gasteiger partial charge in [-0.2, -0.15) is 0 Å². The summed E-state index contributed by atoms with van der Waals surface area (Å²) in [6.45, 7) is 2.03. The van der Waals surface area contributed by atoms with E-state index in [4.69, 9.17) is 23.2 Å². The summed E-state index contributed by atoms with van der Waals surface area (Å²) in [5, 5.41) is 0.974. The van der Waals surface area contributed by atoms with Crippen LogP contribution in [0.4, 0.5) is 4.79 Å². The molecule has 1 aromatic carbocycles. The minimum atomic E-state index is -0.0898. The molecular weight excluding hydrogens is 265 g/mol. The zero-order valence-electron chi connectivity index (χ0n) is 9.38. The van der Waals surface area contributed by atoms with Crippen LogP contribution in [0.2, 0.25) is 10.0 Å². The molecule has 0 aliphatic rings. The summed E-state index contributed by atoms with van der Waals surface area (Å²) in [7, 11) is 3.38. The lowest BCUT2D eigenvalue weighted by Crippen LogP contribution is -2.16. The molecule has 0 aliphatic carbocycles. The Bertz CT molecular complexity index is 384. The van der Waals surface area contributed by atoms with E-state index in [1.54, 1.807) is 14.1 Å². The van der Waals surface area contributed by atoms with Gasteiger partial charge in [-0.1, -0.05) is 30.1 Å². The average molecular weight is 278 g/mol. The largest absolute Gasteiger partial charge is 0.339 e. The second-order valence-corrected chi connectivity index (χ2v) is 5.28. The zero-order chi connectivity index (χ0) is 12.3. The molecule has 0 saturated carbocycles. The van der Waals surface area contributed by atoms with Crippen LogP contribution in [-0.4, -0.2) is 24.2 Å². The van der Waals surface area contributed by atoms with Gasteiger partial charge in [0.25, 0.3) is 5.24 Å². The molecule has 16 heavy (non-hydrogen) atoms. The fourth-order valence-electron chi connectivity index (χ4n) is 1.09. The van der Waals surface area contributed by atoms with Gasteiger partial charge in [0, 0.05) is 14.1 Å². The molecule has 0 heterocycles. The molecule has 0 atom stereocenters. The van der Waals surface area contributed by atoms with Crippen molar-refractivity contribution in [2.24, 2.45) is 0 Å². The van der Waals surface area contributed by atoms with Gasteiger partial charge in [-0.3, -0.25) is 4.79 Å². The van der Waals surface area contributed by atoms with Crippen LogP contribution in [0.25, 0.3) is 0 Å². The number of rotatable bonds is 2. The van der Waals surface area contributed by atoms with E-state index in [2.05, 4.69) is 0 Å². The van der Waals surface area contributed by atoms with Crippen LogP contribution in [-0.2, 0) is 6.42 Å². The summed E-state index contributed by atoms with van der Waals surface area (Å²) < 4.78 is 0. The maximum atomic E-state index is 11.5. The fraction of sp³-hybridized carbons (Fsp3) is 0.364. The van der Waals surface area contributed by atoms with Crippen molar-refractivity contribution in [1.82, 2.24) is 4.90 Å². The minimum absolute atomic E-state index is 0.0898. The third kappa shape index (κ3) is 3.30. The second kappa shape index (κ2) is 5.80. The van der Waals surface area contributed by atoms with Crippen LogP contribution in [0, 0.1) is 0 Å². The molecule has 1 rings (SSSR count). The van der Waals surface area contributed by atoms with E-state index in [9.17, 15) is 4.79 Å². The monoisotopic (exact) mass is 277 g/mol. The first-order chi connectivity index (χ1) is 7.45. The number of thioether (sulfide) groups is 1. The highest BCUT2D eigenvalue weighted by molar-refractivity contribution is 8.13. The van der Waals surface area contributed by atoms with Crippen molar-refractivity contribution in [2.75, 3.05) is 14.1 Å². The zero-order valence-corrected chi connectivity index (χ0v) is 11.7. The smallest absolute Gasteiger partial charge is 0.286 e. The van der Waals surface area contributed by atoms with Gasteiger partial charge in [-0.05, 0) is 35.9 Å². The first-order valence-electron chi connectivity index (χ1n) is 4.82. The van der Waals surface area contributed by atoms with Crippen molar-refractivity contribution in [3.8, 4) is 0 Å². The topological polar surface area (TPSA) is 20.3 Å². The molecular formula is C11H13Cl2NOS. The third-order valence-corrected chi connectivity index (χ3v) is 4.02. The Hall–Kier alpha value is -0.380. The van der Waals surface area contributed by atoms with Gasteiger partial charge in [-0.25, -0.2) is 0 Å². The van der Waals surface area contributed by atoms with Crippen molar-refractivity contribution in [3.05, 3.63) is 27.7 Å². The van der Waals surface area contributed by atoms with Gasteiger partial charge in [0.05, 0.1) is 14.9 Å². The molecule has 0 spiro atoms. The van der Waals surface area contributed by atoms with E-state index in [-0.39, 0.29) is 5.24 Å². The first-order valence-corrected chi connectivity index (χ1v) is 6.40. The first kappa shape index (κ1) is 13.7. The molecule has 0 N–H and O–H groups in total. The van der Waals surface area contributed by atoms with Crippen molar-refractivity contribution in [2.45, 2.75) is 18.2 Å². The molecule has 5 heteroatoms. The van der Waals surface area contributed by atoms with E-state index in [1.807, 2.05) is 19.1 Å². The highest BCUT2D eigenvalue weighted by Gasteiger charge is 2.14. The van der Waals surface area contributed by atoms with Crippen LogP contribution >= 0.6 is 35.0 Å². The average Bonchev–Trinajstić information content (AvgIpc) is 2.22. The van der Waals surface area contributed by atoms with Crippen LogP contribution < -0.4 is 0 Å². The normalized spacial score (nSPS) is 10.3. The van der Waals surface area contributed by atoms with E-state index in [0.717, 1.165) is 23.7 Å². The van der Waals surface area contributed by atoms with E-state index in [1.165, 1.54) is 4.90 Å². The Morgan fingerprint density at radius 3 is 2.19 bits per heavy atom. The summed E-state index contributed by atoms with van der Waals surface area (Å²) in [5.74, 6) is 0. The van der Waals surface area contributed by atoms with Crippen LogP contribution in [0.3, 0.4) is 0 Å². The predicted molar refractivity (Wildman–Crippen MR) is 70.8 cm³/mol. The van der Waals surface area contributed by atoms with Crippen molar-refractivity contribution >= 4 is 40.2 Å². The highest BCUT2D eigenvalue weighted by atomic mass is 35.5. The fourth-order valence-corrected chi connectivity index (χ4v) is 2.53. The minimum Gasteiger partial charge on any atom is -0.339 e. The second-order valence-electron chi connectivity index (χ2n) is 3.50. The number of halogens is 2. The lowest BCUT2D eigenvalue weighted by molar-refractivity contribution is 0.241. The quantitative estimate of drug-likeness (QED) is 0.750. The van der Waals surface area contributed by atoms with Gasteiger partial charge in [0.15, 0.2) is 0 Å². The molecule has 1 aromatic rings. The molecule has 0 unspecified atom stereocenters. The summed E-state index contributed by atoms with van der Waals surface area (Å²) in [4.78, 5) is 13.7. The Morgan fingerprint density at radius 2 is 1.81 bits per heavy atom. The van der Waals surface area contributed by atoms with Gasteiger partial charge in [-0.15, -0.1) is 0 Å². The van der Waals surface area contributed by atoms with Gasteiger partial charge in [0.1, 0.15) is 0 Å². The number of amides is 1. The molecule has 1 amide bonds. The summed E-state index contributed by atoms with van der Waals surface area (Å²) >= 11 is 13.2. The van der Waals surface area contributed by atoms with Gasteiger partial charge < -0.3 is 4.90 Å². The number of carbonyl (C=O) groups is 1. The van der Waals surface area contributed by atoms with E-state index < -0.39 is 0 Å². The Kier molecular flexibility index (Phi) is 4.96. The van der Waals surface area contributed by atoms with Gasteiger partial charge >= 0.3 is 0 Å². The summed E-state index contributed by atoms with van der Waals surface area (Å²) in [6, 6.07) is 3.69. The van der Waals surface area contributed by atoms with E-state index >= 15 is 0 Å². The molecule has 0 fully saturated rings. The number of nitrogens with zero attached hydrogens (tertiary/aromatic N) is 1.